The lowest BCUT2D eigenvalue weighted by Crippen LogP contribution is -2.44. The highest BCUT2D eigenvalue weighted by Gasteiger charge is 2.25. The van der Waals surface area contributed by atoms with Crippen molar-refractivity contribution in [2.75, 3.05) is 13.1 Å². The van der Waals surface area contributed by atoms with Gasteiger partial charge in [-0.3, -0.25) is 10.1 Å². The molecule has 0 bridgehead atoms. The number of carbonyl (C=O) groups is 1. The first-order valence-electron chi connectivity index (χ1n) is 7.42. The number of carbonyl (C=O) groups excluding carboxylic acids is 1. The van der Waals surface area contributed by atoms with Gasteiger partial charge in [-0.25, -0.2) is 0 Å². The molecule has 1 aromatic rings. The number of hydrogen-bond donors (Lipinski definition) is 1. The predicted octanol–water partition coefficient (Wildman–Crippen LogP) is 3.50. The average molecular weight is 339 g/mol. The molecule has 4 heteroatoms. The second-order valence-electron chi connectivity index (χ2n) is 5.44. The van der Waals surface area contributed by atoms with Crippen LogP contribution in [0.25, 0.3) is 0 Å². The lowest BCUT2D eigenvalue weighted by molar-refractivity contribution is -0.132. The van der Waals surface area contributed by atoms with Crippen LogP contribution in [-0.2, 0) is 4.79 Å². The molecule has 0 saturated carbocycles. The van der Waals surface area contributed by atoms with E-state index in [1.807, 2.05) is 24.0 Å². The van der Waals surface area contributed by atoms with Gasteiger partial charge in [0.25, 0.3) is 0 Å². The molecule has 1 aliphatic rings. The van der Waals surface area contributed by atoms with Gasteiger partial charge in [-0.15, -0.1) is 0 Å². The fourth-order valence-electron chi connectivity index (χ4n) is 2.76. The zero-order chi connectivity index (χ0) is 14.5. The van der Waals surface area contributed by atoms with Crippen molar-refractivity contribution in [3.05, 3.63) is 34.3 Å². The zero-order valence-corrected chi connectivity index (χ0v) is 13.8. The summed E-state index contributed by atoms with van der Waals surface area (Å²) in [4.78, 5) is 14.3. The first kappa shape index (κ1) is 15.5. The molecule has 110 valence electrons. The fourth-order valence-corrected chi connectivity index (χ4v) is 3.17. The fraction of sp³-hybridized carbons (Fsp3) is 0.562. The van der Waals surface area contributed by atoms with Crippen molar-refractivity contribution in [1.29, 1.82) is 0 Å². The molecule has 0 aromatic heterocycles. The number of benzene rings is 1. The summed E-state index contributed by atoms with van der Waals surface area (Å²) in [6, 6.07) is 8.38. The molecule has 20 heavy (non-hydrogen) atoms. The highest BCUT2D eigenvalue weighted by molar-refractivity contribution is 9.10. The Morgan fingerprint density at radius 1 is 1.40 bits per heavy atom. The van der Waals surface area contributed by atoms with Crippen molar-refractivity contribution in [1.82, 2.24) is 10.2 Å². The third kappa shape index (κ3) is 3.83. The Balaban J connectivity index is 2.00. The SMILES string of the molecule is CCC(NC(C)C(=O)N1CCCC1)c1cccc(Br)c1. The zero-order valence-electron chi connectivity index (χ0n) is 12.2. The lowest BCUT2D eigenvalue weighted by Gasteiger charge is -2.26. The van der Waals surface area contributed by atoms with Gasteiger partial charge in [0.05, 0.1) is 6.04 Å². The van der Waals surface area contributed by atoms with Crippen LogP contribution in [0.4, 0.5) is 0 Å². The highest BCUT2D eigenvalue weighted by atomic mass is 79.9. The summed E-state index contributed by atoms with van der Waals surface area (Å²) in [5, 5.41) is 3.47. The van der Waals surface area contributed by atoms with E-state index in [0.717, 1.165) is 36.8 Å². The Bertz CT molecular complexity index is 458. The normalized spacial score (nSPS) is 18.1. The average Bonchev–Trinajstić information content (AvgIpc) is 2.97. The molecular formula is C16H23BrN2O. The van der Waals surface area contributed by atoms with Crippen LogP contribution in [0.15, 0.2) is 28.7 Å². The second kappa shape index (κ2) is 7.23. The quantitative estimate of drug-likeness (QED) is 0.891. The Hall–Kier alpha value is -0.870. The van der Waals surface area contributed by atoms with E-state index in [-0.39, 0.29) is 18.0 Å². The number of likely N-dealkylation sites (tertiary alicyclic amines) is 1. The van der Waals surface area contributed by atoms with E-state index < -0.39 is 0 Å². The summed E-state index contributed by atoms with van der Waals surface area (Å²) in [5.74, 6) is 0.232. The van der Waals surface area contributed by atoms with E-state index in [2.05, 4.69) is 40.3 Å². The molecule has 0 spiro atoms. The maximum Gasteiger partial charge on any atom is 0.239 e. The first-order chi connectivity index (χ1) is 9.61. The van der Waals surface area contributed by atoms with Crippen LogP contribution in [0.5, 0.6) is 0 Å². The number of halogens is 1. The molecular weight excluding hydrogens is 316 g/mol. The molecule has 1 aliphatic heterocycles. The third-order valence-electron chi connectivity index (χ3n) is 3.90. The molecule has 1 N–H and O–H groups in total. The molecule has 0 aliphatic carbocycles. The van der Waals surface area contributed by atoms with Crippen LogP contribution in [-0.4, -0.2) is 29.9 Å². The molecule has 1 amide bonds. The maximum atomic E-state index is 12.3. The van der Waals surface area contributed by atoms with E-state index in [1.54, 1.807) is 0 Å². The van der Waals surface area contributed by atoms with Crippen molar-refractivity contribution >= 4 is 21.8 Å². The summed E-state index contributed by atoms with van der Waals surface area (Å²) in [7, 11) is 0. The molecule has 3 nitrogen and oxygen atoms in total. The topological polar surface area (TPSA) is 32.3 Å². The van der Waals surface area contributed by atoms with Crippen molar-refractivity contribution in [2.24, 2.45) is 0 Å². The van der Waals surface area contributed by atoms with Gasteiger partial charge in [0, 0.05) is 23.6 Å². The van der Waals surface area contributed by atoms with Crippen molar-refractivity contribution in [3.8, 4) is 0 Å². The van der Waals surface area contributed by atoms with Gasteiger partial charge >= 0.3 is 0 Å². The van der Waals surface area contributed by atoms with Crippen LogP contribution in [0.2, 0.25) is 0 Å². The van der Waals surface area contributed by atoms with E-state index in [4.69, 9.17) is 0 Å². The second-order valence-corrected chi connectivity index (χ2v) is 6.35. The van der Waals surface area contributed by atoms with Crippen molar-refractivity contribution < 1.29 is 4.79 Å². The summed E-state index contributed by atoms with van der Waals surface area (Å²) >= 11 is 3.51. The van der Waals surface area contributed by atoms with E-state index in [0.29, 0.717) is 0 Å². The Labute approximate surface area is 129 Å². The van der Waals surface area contributed by atoms with Gasteiger partial charge < -0.3 is 4.90 Å². The number of amides is 1. The first-order valence-corrected chi connectivity index (χ1v) is 8.21. The van der Waals surface area contributed by atoms with Crippen LogP contribution >= 0.6 is 15.9 Å². The van der Waals surface area contributed by atoms with Gasteiger partial charge in [0.1, 0.15) is 0 Å². The molecule has 1 fully saturated rings. The van der Waals surface area contributed by atoms with Crippen LogP contribution < -0.4 is 5.32 Å². The Morgan fingerprint density at radius 3 is 2.70 bits per heavy atom. The van der Waals surface area contributed by atoms with Crippen molar-refractivity contribution in [2.45, 2.75) is 45.2 Å². The smallest absolute Gasteiger partial charge is 0.239 e. The maximum absolute atomic E-state index is 12.3. The third-order valence-corrected chi connectivity index (χ3v) is 4.39. The summed E-state index contributed by atoms with van der Waals surface area (Å²) in [6.45, 7) is 5.95. The Morgan fingerprint density at radius 2 is 2.10 bits per heavy atom. The minimum atomic E-state index is -0.128. The largest absolute Gasteiger partial charge is 0.341 e. The number of nitrogens with zero attached hydrogens (tertiary/aromatic N) is 1. The highest BCUT2D eigenvalue weighted by Crippen LogP contribution is 2.21. The molecule has 2 rings (SSSR count). The van der Waals surface area contributed by atoms with E-state index >= 15 is 0 Å². The Kier molecular flexibility index (Phi) is 5.61. The number of nitrogens with one attached hydrogen (secondary N) is 1. The number of hydrogen-bond acceptors (Lipinski definition) is 2. The van der Waals surface area contributed by atoms with Gasteiger partial charge in [-0.1, -0.05) is 35.0 Å². The molecule has 1 heterocycles. The minimum absolute atomic E-state index is 0.128. The summed E-state index contributed by atoms with van der Waals surface area (Å²) in [5.41, 5.74) is 1.22. The van der Waals surface area contributed by atoms with Crippen LogP contribution in [0, 0.1) is 0 Å². The summed E-state index contributed by atoms with van der Waals surface area (Å²) < 4.78 is 1.08. The van der Waals surface area contributed by atoms with E-state index in [1.165, 1.54) is 5.56 Å². The molecule has 2 unspecified atom stereocenters. The number of rotatable bonds is 5. The summed E-state index contributed by atoms with van der Waals surface area (Å²) in [6.07, 6.45) is 3.25. The standard InChI is InChI=1S/C16H23BrN2O/c1-3-15(13-7-6-8-14(17)11-13)18-12(2)16(20)19-9-4-5-10-19/h6-8,11-12,15,18H,3-5,9-10H2,1-2H3. The van der Waals surface area contributed by atoms with Gasteiger partial charge in [0.2, 0.25) is 5.91 Å². The lowest BCUT2D eigenvalue weighted by atomic mass is 10.0. The minimum Gasteiger partial charge on any atom is -0.341 e. The van der Waals surface area contributed by atoms with Gasteiger partial charge in [0.15, 0.2) is 0 Å². The molecule has 1 saturated heterocycles. The van der Waals surface area contributed by atoms with Gasteiger partial charge in [-0.2, -0.15) is 0 Å². The monoisotopic (exact) mass is 338 g/mol. The van der Waals surface area contributed by atoms with Gasteiger partial charge in [-0.05, 0) is 43.9 Å². The van der Waals surface area contributed by atoms with Crippen molar-refractivity contribution in [3.63, 3.8) is 0 Å². The molecule has 0 radical (unpaired) electrons. The van der Waals surface area contributed by atoms with Crippen LogP contribution in [0.1, 0.15) is 44.7 Å². The predicted molar refractivity (Wildman–Crippen MR) is 85.6 cm³/mol. The van der Waals surface area contributed by atoms with Crippen LogP contribution in [0.3, 0.4) is 0 Å². The van der Waals surface area contributed by atoms with E-state index in [9.17, 15) is 4.79 Å². The molecule has 2 atom stereocenters. The molecule has 1 aromatic carbocycles.